The van der Waals surface area contributed by atoms with Crippen LogP contribution in [0.1, 0.15) is 37.0 Å². The summed E-state index contributed by atoms with van der Waals surface area (Å²) >= 11 is 0. The van der Waals surface area contributed by atoms with Crippen LogP contribution in [0.15, 0.2) is 24.3 Å². The lowest BCUT2D eigenvalue weighted by Gasteiger charge is -2.31. The molecule has 1 aliphatic heterocycles. The van der Waals surface area contributed by atoms with Gasteiger partial charge >= 0.3 is 0 Å². The number of ketones is 1. The monoisotopic (exact) mass is 247 g/mol. The molecule has 0 atom stereocenters. The summed E-state index contributed by atoms with van der Waals surface area (Å²) in [6.07, 6.45) is 2.49. The first-order valence-electron chi connectivity index (χ1n) is 6.69. The third-order valence-electron chi connectivity index (χ3n) is 3.55. The number of hydrogen-bond donors (Lipinski definition) is 0. The number of nitrogens with zero attached hydrogens (tertiary/aromatic N) is 1. The van der Waals surface area contributed by atoms with E-state index in [0.717, 1.165) is 43.8 Å². The lowest BCUT2D eigenvalue weighted by molar-refractivity contribution is 0.101. The second-order valence-electron chi connectivity index (χ2n) is 4.83. The number of Topliss-reactive ketones (excluding diaryl/α,β-unsaturated/α-hetero) is 1. The number of likely N-dealkylation sites (tertiary alicyclic amines) is 1. The van der Waals surface area contributed by atoms with Crippen molar-refractivity contribution in [2.45, 2.75) is 32.8 Å². The molecule has 1 aromatic carbocycles. The van der Waals surface area contributed by atoms with Crippen LogP contribution in [-0.2, 0) is 0 Å². The van der Waals surface area contributed by atoms with Crippen molar-refractivity contribution in [3.05, 3.63) is 29.8 Å². The molecule has 0 N–H and O–H groups in total. The van der Waals surface area contributed by atoms with Gasteiger partial charge in [-0.2, -0.15) is 0 Å². The Morgan fingerprint density at radius 1 is 1.28 bits per heavy atom. The molecule has 0 radical (unpaired) electrons. The average molecular weight is 247 g/mol. The molecule has 0 spiro atoms. The number of ether oxygens (including phenoxy) is 1. The molecular weight excluding hydrogens is 226 g/mol. The molecule has 0 unspecified atom stereocenters. The van der Waals surface area contributed by atoms with Gasteiger partial charge in [-0.05, 0) is 50.6 Å². The van der Waals surface area contributed by atoms with Gasteiger partial charge in [-0.1, -0.05) is 6.92 Å². The van der Waals surface area contributed by atoms with Crippen LogP contribution < -0.4 is 4.74 Å². The van der Waals surface area contributed by atoms with Crippen LogP contribution in [0.2, 0.25) is 0 Å². The molecule has 2 rings (SSSR count). The fourth-order valence-corrected chi connectivity index (χ4v) is 2.30. The Morgan fingerprint density at radius 2 is 1.89 bits per heavy atom. The summed E-state index contributed by atoms with van der Waals surface area (Å²) < 4.78 is 5.94. The van der Waals surface area contributed by atoms with Crippen molar-refractivity contribution >= 4 is 5.78 Å². The first-order valence-corrected chi connectivity index (χ1v) is 6.69. The van der Waals surface area contributed by atoms with E-state index in [2.05, 4.69) is 11.8 Å². The summed E-state index contributed by atoms with van der Waals surface area (Å²) in [4.78, 5) is 13.6. The minimum absolute atomic E-state index is 0.0952. The van der Waals surface area contributed by atoms with Crippen molar-refractivity contribution in [2.24, 2.45) is 0 Å². The molecule has 0 saturated carbocycles. The maximum absolute atomic E-state index is 11.2. The molecule has 0 amide bonds. The number of hydrogen-bond acceptors (Lipinski definition) is 3. The summed E-state index contributed by atoms with van der Waals surface area (Å²) in [6, 6.07) is 7.45. The molecule has 0 aliphatic carbocycles. The zero-order valence-corrected chi connectivity index (χ0v) is 11.2. The average Bonchev–Trinajstić information content (AvgIpc) is 2.40. The maximum Gasteiger partial charge on any atom is 0.159 e. The van der Waals surface area contributed by atoms with Crippen LogP contribution in [0.4, 0.5) is 0 Å². The normalized spacial score (nSPS) is 17.7. The van der Waals surface area contributed by atoms with Gasteiger partial charge < -0.3 is 9.64 Å². The Labute approximate surface area is 109 Å². The van der Waals surface area contributed by atoms with Crippen molar-refractivity contribution in [3.63, 3.8) is 0 Å². The van der Waals surface area contributed by atoms with Crippen molar-refractivity contribution in [2.75, 3.05) is 19.6 Å². The van der Waals surface area contributed by atoms with Gasteiger partial charge in [-0.25, -0.2) is 0 Å². The Balaban J connectivity index is 1.88. The molecule has 1 heterocycles. The molecular formula is C15H21NO2. The predicted octanol–water partition coefficient (Wildman–Crippen LogP) is 2.75. The second kappa shape index (κ2) is 6.01. The highest BCUT2D eigenvalue weighted by atomic mass is 16.5. The fraction of sp³-hybridized carbons (Fsp3) is 0.533. The van der Waals surface area contributed by atoms with E-state index >= 15 is 0 Å². The maximum atomic E-state index is 11.2. The van der Waals surface area contributed by atoms with E-state index in [4.69, 9.17) is 4.74 Å². The third-order valence-corrected chi connectivity index (χ3v) is 3.55. The minimum Gasteiger partial charge on any atom is -0.490 e. The van der Waals surface area contributed by atoms with Gasteiger partial charge in [0.25, 0.3) is 0 Å². The van der Waals surface area contributed by atoms with Crippen molar-refractivity contribution < 1.29 is 9.53 Å². The van der Waals surface area contributed by atoms with Crippen molar-refractivity contribution in [1.29, 1.82) is 0 Å². The fourth-order valence-electron chi connectivity index (χ4n) is 2.30. The van der Waals surface area contributed by atoms with E-state index in [0.29, 0.717) is 6.10 Å². The molecule has 1 saturated heterocycles. The van der Waals surface area contributed by atoms with Gasteiger partial charge in [0.05, 0.1) is 0 Å². The van der Waals surface area contributed by atoms with E-state index in [9.17, 15) is 4.79 Å². The summed E-state index contributed by atoms with van der Waals surface area (Å²) in [7, 11) is 0. The molecule has 1 fully saturated rings. The third kappa shape index (κ3) is 3.33. The Hall–Kier alpha value is -1.35. The Kier molecular flexibility index (Phi) is 4.37. The van der Waals surface area contributed by atoms with Crippen LogP contribution in [0, 0.1) is 0 Å². The molecule has 0 aromatic heterocycles. The molecule has 3 nitrogen and oxygen atoms in total. The van der Waals surface area contributed by atoms with Gasteiger partial charge in [0.15, 0.2) is 5.78 Å². The SMILES string of the molecule is CCN1CCC(Oc2ccc(C(C)=O)cc2)CC1. The van der Waals surface area contributed by atoms with Crippen molar-refractivity contribution in [3.8, 4) is 5.75 Å². The van der Waals surface area contributed by atoms with Crippen molar-refractivity contribution in [1.82, 2.24) is 4.90 Å². The smallest absolute Gasteiger partial charge is 0.159 e. The van der Waals surface area contributed by atoms with E-state index in [1.165, 1.54) is 0 Å². The lowest BCUT2D eigenvalue weighted by atomic mass is 10.1. The molecule has 18 heavy (non-hydrogen) atoms. The summed E-state index contributed by atoms with van der Waals surface area (Å²) in [5, 5.41) is 0. The highest BCUT2D eigenvalue weighted by Gasteiger charge is 2.19. The van der Waals surface area contributed by atoms with E-state index < -0.39 is 0 Å². The van der Waals surface area contributed by atoms with Gasteiger partial charge in [0.1, 0.15) is 11.9 Å². The van der Waals surface area contributed by atoms with Crippen LogP contribution >= 0.6 is 0 Å². The van der Waals surface area contributed by atoms with Crippen LogP contribution in [0.3, 0.4) is 0 Å². The van der Waals surface area contributed by atoms with Gasteiger partial charge in [0.2, 0.25) is 0 Å². The highest BCUT2D eigenvalue weighted by molar-refractivity contribution is 5.94. The topological polar surface area (TPSA) is 29.5 Å². The summed E-state index contributed by atoms with van der Waals surface area (Å²) in [5.41, 5.74) is 0.739. The minimum atomic E-state index is 0.0952. The van der Waals surface area contributed by atoms with Gasteiger partial charge in [-0.15, -0.1) is 0 Å². The second-order valence-corrected chi connectivity index (χ2v) is 4.83. The van der Waals surface area contributed by atoms with Gasteiger partial charge in [0, 0.05) is 18.7 Å². The lowest BCUT2D eigenvalue weighted by Crippen LogP contribution is -2.37. The zero-order chi connectivity index (χ0) is 13.0. The number of benzene rings is 1. The van der Waals surface area contributed by atoms with E-state index in [-0.39, 0.29) is 5.78 Å². The number of rotatable bonds is 4. The van der Waals surface area contributed by atoms with E-state index in [1.54, 1.807) is 6.92 Å². The summed E-state index contributed by atoms with van der Waals surface area (Å²) in [5.74, 6) is 0.966. The van der Waals surface area contributed by atoms with E-state index in [1.807, 2.05) is 24.3 Å². The Bertz CT molecular complexity index is 391. The number of piperidine rings is 1. The van der Waals surface area contributed by atoms with Crippen LogP contribution in [0.5, 0.6) is 5.75 Å². The van der Waals surface area contributed by atoms with Crippen LogP contribution in [0.25, 0.3) is 0 Å². The quantitative estimate of drug-likeness (QED) is 0.766. The molecule has 98 valence electrons. The standard InChI is InChI=1S/C15H21NO2/c1-3-16-10-8-15(9-11-16)18-14-6-4-13(5-7-14)12(2)17/h4-7,15H,3,8-11H2,1-2H3. The molecule has 1 aromatic rings. The predicted molar refractivity (Wildman–Crippen MR) is 72.2 cm³/mol. The first kappa shape index (κ1) is 13.1. The van der Waals surface area contributed by atoms with Crippen LogP contribution in [-0.4, -0.2) is 36.4 Å². The molecule has 0 bridgehead atoms. The van der Waals surface area contributed by atoms with Gasteiger partial charge in [-0.3, -0.25) is 4.79 Å². The molecule has 3 heteroatoms. The largest absolute Gasteiger partial charge is 0.490 e. The number of carbonyl (C=O) groups is 1. The first-order chi connectivity index (χ1) is 8.69. The molecule has 1 aliphatic rings. The zero-order valence-electron chi connectivity index (χ0n) is 11.2. The highest BCUT2D eigenvalue weighted by Crippen LogP contribution is 2.19. The Morgan fingerprint density at radius 3 is 2.39 bits per heavy atom. The number of carbonyl (C=O) groups excluding carboxylic acids is 1. The summed E-state index contributed by atoms with van der Waals surface area (Å²) in [6.45, 7) is 7.14.